The molecule has 2 aliphatic rings. The van der Waals surface area contributed by atoms with Crippen LogP contribution in [0.1, 0.15) is 39.4 Å². The molecule has 0 aliphatic carbocycles. The molecule has 0 N–H and O–H groups in total. The number of imidazole rings is 1. The number of aryl methyl sites for hydroxylation is 1. The zero-order valence-corrected chi connectivity index (χ0v) is 19.9. The van der Waals surface area contributed by atoms with Gasteiger partial charge < -0.3 is 19.1 Å². The molecule has 3 heterocycles. The molecule has 0 atom stereocenters. The predicted molar refractivity (Wildman–Crippen MR) is 130 cm³/mol. The number of benzene rings is 2. The average Bonchev–Trinajstić information content (AvgIpc) is 3.52. The summed E-state index contributed by atoms with van der Waals surface area (Å²) in [5.41, 5.74) is 3.28. The fraction of sp³-hybridized carbons (Fsp3) is 0.423. The molecule has 2 aliphatic heterocycles. The fourth-order valence-corrected chi connectivity index (χ4v) is 4.85. The number of ether oxygens (including phenoxy) is 1. The van der Waals surface area contributed by atoms with Gasteiger partial charge in [0, 0.05) is 57.4 Å². The lowest BCUT2D eigenvalue weighted by Gasteiger charge is -2.34. The van der Waals surface area contributed by atoms with E-state index >= 15 is 0 Å². The number of likely N-dealkylation sites (tertiary alicyclic amines) is 1. The molecule has 8 heteroatoms. The maximum Gasteiger partial charge on any atom is 0.253 e. The minimum atomic E-state index is 0.0558. The van der Waals surface area contributed by atoms with E-state index in [1.807, 2.05) is 59.3 Å². The van der Waals surface area contributed by atoms with Crippen LogP contribution in [-0.4, -0.2) is 82.4 Å². The number of aromatic nitrogens is 2. The molecular formula is C26H31N5O3. The van der Waals surface area contributed by atoms with Crippen molar-refractivity contribution in [3.05, 3.63) is 59.4 Å². The molecule has 1 aromatic heterocycles. The van der Waals surface area contributed by atoms with E-state index in [4.69, 9.17) is 9.72 Å². The van der Waals surface area contributed by atoms with Crippen molar-refractivity contribution in [3.8, 4) is 5.75 Å². The summed E-state index contributed by atoms with van der Waals surface area (Å²) in [5, 5.41) is 0. The molecule has 0 unspecified atom stereocenters. The van der Waals surface area contributed by atoms with Gasteiger partial charge in [0.1, 0.15) is 11.6 Å². The van der Waals surface area contributed by atoms with Crippen LogP contribution < -0.4 is 4.74 Å². The SMILES string of the molecule is COc1ccc(C(=O)N2CCN(Cc3nc4cc(C(=O)N5CCCC5)ccc4n3C)CC2)cc1. The Bertz CT molecular complexity index is 1190. The van der Waals surface area contributed by atoms with Crippen LogP contribution in [0.3, 0.4) is 0 Å². The molecule has 0 radical (unpaired) electrons. The van der Waals surface area contributed by atoms with Gasteiger partial charge in [0.25, 0.3) is 11.8 Å². The first kappa shape index (κ1) is 22.4. The standard InChI is InChI=1S/C26H31N5O3/c1-28-23-10-7-20(26(33)30-11-3-4-12-30)17-22(23)27-24(28)18-29-13-15-31(16-14-29)25(32)19-5-8-21(34-2)9-6-19/h5-10,17H,3-4,11-16,18H2,1-2H3. The van der Waals surface area contributed by atoms with Crippen molar-refractivity contribution < 1.29 is 14.3 Å². The summed E-state index contributed by atoms with van der Waals surface area (Å²) in [6.07, 6.45) is 2.17. The van der Waals surface area contributed by atoms with E-state index in [0.29, 0.717) is 30.8 Å². The Hall–Kier alpha value is -3.39. The number of piperazine rings is 1. The van der Waals surface area contributed by atoms with E-state index in [1.165, 1.54) is 0 Å². The second kappa shape index (κ2) is 9.46. The van der Waals surface area contributed by atoms with Gasteiger partial charge in [-0.15, -0.1) is 0 Å². The van der Waals surface area contributed by atoms with Crippen molar-refractivity contribution in [2.75, 3.05) is 46.4 Å². The second-order valence-corrected chi connectivity index (χ2v) is 9.09. The monoisotopic (exact) mass is 461 g/mol. The third-order valence-corrected chi connectivity index (χ3v) is 6.98. The molecule has 0 bridgehead atoms. The summed E-state index contributed by atoms with van der Waals surface area (Å²) in [5.74, 6) is 1.87. The van der Waals surface area contributed by atoms with Crippen molar-refractivity contribution in [3.63, 3.8) is 0 Å². The van der Waals surface area contributed by atoms with Gasteiger partial charge >= 0.3 is 0 Å². The molecule has 2 amide bonds. The number of nitrogens with zero attached hydrogens (tertiary/aromatic N) is 5. The molecular weight excluding hydrogens is 430 g/mol. The Morgan fingerprint density at radius 1 is 0.853 bits per heavy atom. The average molecular weight is 462 g/mol. The second-order valence-electron chi connectivity index (χ2n) is 9.09. The van der Waals surface area contributed by atoms with Gasteiger partial charge in [0.15, 0.2) is 0 Å². The lowest BCUT2D eigenvalue weighted by molar-refractivity contribution is 0.0624. The van der Waals surface area contributed by atoms with Gasteiger partial charge in [-0.1, -0.05) is 0 Å². The smallest absolute Gasteiger partial charge is 0.253 e. The largest absolute Gasteiger partial charge is 0.497 e. The molecule has 8 nitrogen and oxygen atoms in total. The molecule has 2 saturated heterocycles. The Morgan fingerprint density at radius 3 is 2.15 bits per heavy atom. The highest BCUT2D eigenvalue weighted by Gasteiger charge is 2.24. The first-order chi connectivity index (χ1) is 16.5. The van der Waals surface area contributed by atoms with Crippen LogP contribution in [0.15, 0.2) is 42.5 Å². The number of rotatable bonds is 5. The van der Waals surface area contributed by atoms with Crippen LogP contribution in [0.4, 0.5) is 0 Å². The number of methoxy groups -OCH3 is 1. The maximum absolute atomic E-state index is 12.8. The van der Waals surface area contributed by atoms with Gasteiger partial charge in [-0.2, -0.15) is 0 Å². The van der Waals surface area contributed by atoms with Crippen molar-refractivity contribution in [2.24, 2.45) is 7.05 Å². The van der Waals surface area contributed by atoms with Crippen molar-refractivity contribution in [1.82, 2.24) is 24.3 Å². The highest BCUT2D eigenvalue weighted by atomic mass is 16.5. The van der Waals surface area contributed by atoms with E-state index in [2.05, 4.69) is 9.47 Å². The van der Waals surface area contributed by atoms with Crippen molar-refractivity contribution >= 4 is 22.8 Å². The molecule has 178 valence electrons. The van der Waals surface area contributed by atoms with Crippen molar-refractivity contribution in [1.29, 1.82) is 0 Å². The lowest BCUT2D eigenvalue weighted by Crippen LogP contribution is -2.48. The first-order valence-electron chi connectivity index (χ1n) is 11.9. The van der Waals surface area contributed by atoms with Gasteiger partial charge in [-0.25, -0.2) is 4.98 Å². The molecule has 0 spiro atoms. The van der Waals surface area contributed by atoms with E-state index in [1.54, 1.807) is 7.11 Å². The minimum absolute atomic E-state index is 0.0558. The Kier molecular flexibility index (Phi) is 6.24. The maximum atomic E-state index is 12.8. The van der Waals surface area contributed by atoms with E-state index in [9.17, 15) is 9.59 Å². The van der Waals surface area contributed by atoms with Crippen molar-refractivity contribution in [2.45, 2.75) is 19.4 Å². The number of fused-ring (bicyclic) bond motifs is 1. The molecule has 34 heavy (non-hydrogen) atoms. The molecule has 0 saturated carbocycles. The number of hydrogen-bond donors (Lipinski definition) is 0. The molecule has 3 aromatic rings. The molecule has 2 fully saturated rings. The third-order valence-electron chi connectivity index (χ3n) is 6.98. The van der Waals surface area contributed by atoms with E-state index < -0.39 is 0 Å². The summed E-state index contributed by atoms with van der Waals surface area (Å²) in [7, 11) is 3.64. The lowest BCUT2D eigenvalue weighted by atomic mass is 10.1. The summed E-state index contributed by atoms with van der Waals surface area (Å²) in [4.78, 5) is 36.6. The van der Waals surface area contributed by atoms with Crippen LogP contribution in [0.25, 0.3) is 11.0 Å². The Labute approximate surface area is 199 Å². The van der Waals surface area contributed by atoms with Crippen LogP contribution in [-0.2, 0) is 13.6 Å². The number of carbonyl (C=O) groups is 2. The molecule has 5 rings (SSSR count). The van der Waals surface area contributed by atoms with Crippen LogP contribution in [0.2, 0.25) is 0 Å². The van der Waals surface area contributed by atoms with E-state index in [-0.39, 0.29) is 11.8 Å². The first-order valence-corrected chi connectivity index (χ1v) is 11.9. The topological polar surface area (TPSA) is 70.9 Å². The fourth-order valence-electron chi connectivity index (χ4n) is 4.85. The summed E-state index contributed by atoms with van der Waals surface area (Å²) < 4.78 is 7.29. The minimum Gasteiger partial charge on any atom is -0.497 e. The highest BCUT2D eigenvalue weighted by molar-refractivity contribution is 5.97. The molecule has 2 aromatic carbocycles. The Balaban J connectivity index is 1.22. The predicted octanol–water partition coefficient (Wildman–Crippen LogP) is 2.78. The van der Waals surface area contributed by atoms with E-state index in [0.717, 1.165) is 61.6 Å². The number of hydrogen-bond acceptors (Lipinski definition) is 5. The quantitative estimate of drug-likeness (QED) is 0.584. The zero-order chi connectivity index (χ0) is 23.7. The van der Waals surface area contributed by atoms with Crippen LogP contribution in [0.5, 0.6) is 5.75 Å². The zero-order valence-electron chi connectivity index (χ0n) is 19.9. The number of carbonyl (C=O) groups excluding carboxylic acids is 2. The van der Waals surface area contributed by atoms with Gasteiger partial charge in [0.2, 0.25) is 0 Å². The van der Waals surface area contributed by atoms with Gasteiger partial charge in [0.05, 0.1) is 24.7 Å². The third kappa shape index (κ3) is 4.37. The summed E-state index contributed by atoms with van der Waals surface area (Å²) in [6.45, 7) is 5.36. The summed E-state index contributed by atoms with van der Waals surface area (Å²) >= 11 is 0. The summed E-state index contributed by atoms with van der Waals surface area (Å²) in [6, 6.07) is 13.1. The normalized spacial score (nSPS) is 16.9. The number of amides is 2. The Morgan fingerprint density at radius 2 is 1.47 bits per heavy atom. The highest BCUT2D eigenvalue weighted by Crippen LogP contribution is 2.21. The van der Waals surface area contributed by atoms with Gasteiger partial charge in [-0.05, 0) is 55.3 Å². The van der Waals surface area contributed by atoms with Crippen LogP contribution in [0, 0.1) is 0 Å². The van der Waals surface area contributed by atoms with Gasteiger partial charge in [-0.3, -0.25) is 14.5 Å². The van der Waals surface area contributed by atoms with Crippen LogP contribution >= 0.6 is 0 Å².